The lowest BCUT2D eigenvalue weighted by Crippen LogP contribution is -2.53. The van der Waals surface area contributed by atoms with Gasteiger partial charge < -0.3 is 0 Å². The van der Waals surface area contributed by atoms with E-state index in [4.69, 9.17) is 23.2 Å². The fourth-order valence-corrected chi connectivity index (χ4v) is 2.89. The van der Waals surface area contributed by atoms with E-state index < -0.39 is 45.5 Å². The molecule has 0 bridgehead atoms. The predicted octanol–water partition coefficient (Wildman–Crippen LogP) is 4.98. The van der Waals surface area contributed by atoms with Crippen LogP contribution in [-0.4, -0.2) is 23.3 Å². The summed E-state index contributed by atoms with van der Waals surface area (Å²) >= 11 is 10.2. The summed E-state index contributed by atoms with van der Waals surface area (Å²) in [7, 11) is 0. The van der Waals surface area contributed by atoms with Crippen molar-refractivity contribution in [1.29, 1.82) is 0 Å². The minimum absolute atomic E-state index is 0.271. The molecule has 1 rings (SSSR count). The van der Waals surface area contributed by atoms with E-state index in [1.807, 2.05) is 0 Å². The number of carbonyl (C=O) groups excluding carboxylic acids is 1. The first-order valence-corrected chi connectivity index (χ1v) is 6.23. The number of alkyl halides is 7. The van der Waals surface area contributed by atoms with E-state index in [0.29, 0.717) is 0 Å². The third-order valence-corrected chi connectivity index (χ3v) is 4.21. The van der Waals surface area contributed by atoms with Gasteiger partial charge in [-0.3, -0.25) is 4.79 Å². The zero-order chi connectivity index (χ0) is 17.0. The molecule has 0 aromatic heterocycles. The standard InChI is InChI=1S/C11H9Cl2F7O/c1-8(2)4(6(8)7(13)21)3-5(12)9(14,10(15,16)17)11(18,19)20/h3-4,6H,1-2H3. The third-order valence-electron chi connectivity index (χ3n) is 3.59. The van der Waals surface area contributed by atoms with Crippen molar-refractivity contribution in [2.45, 2.75) is 31.9 Å². The summed E-state index contributed by atoms with van der Waals surface area (Å²) in [5.41, 5.74) is -6.67. The number of allylic oxidation sites excluding steroid dienone is 2. The van der Waals surface area contributed by atoms with Crippen molar-refractivity contribution in [1.82, 2.24) is 0 Å². The Labute approximate surface area is 125 Å². The van der Waals surface area contributed by atoms with E-state index in [2.05, 4.69) is 0 Å². The van der Waals surface area contributed by atoms with Crippen molar-refractivity contribution in [2.75, 3.05) is 0 Å². The largest absolute Gasteiger partial charge is 0.436 e. The van der Waals surface area contributed by atoms with Crippen molar-refractivity contribution < 1.29 is 35.5 Å². The van der Waals surface area contributed by atoms with Gasteiger partial charge in [-0.05, 0) is 22.9 Å². The number of carbonyl (C=O) groups is 1. The molecule has 0 N–H and O–H groups in total. The summed E-state index contributed by atoms with van der Waals surface area (Å²) in [5.74, 6) is -2.12. The van der Waals surface area contributed by atoms with Gasteiger partial charge in [0.15, 0.2) is 0 Å². The van der Waals surface area contributed by atoms with Gasteiger partial charge >= 0.3 is 18.0 Å². The summed E-state index contributed by atoms with van der Waals surface area (Å²) in [6.45, 7) is 2.79. The number of rotatable bonds is 3. The predicted molar refractivity (Wildman–Crippen MR) is 61.5 cm³/mol. The van der Waals surface area contributed by atoms with E-state index in [-0.39, 0.29) is 6.08 Å². The molecule has 1 fully saturated rings. The third kappa shape index (κ3) is 2.88. The summed E-state index contributed by atoms with van der Waals surface area (Å²) in [5, 5.41) is -3.00. The highest BCUT2D eigenvalue weighted by Gasteiger charge is 2.75. The lowest BCUT2D eigenvalue weighted by molar-refractivity contribution is -0.323. The van der Waals surface area contributed by atoms with E-state index >= 15 is 0 Å². The lowest BCUT2D eigenvalue weighted by Gasteiger charge is -2.29. The second-order valence-corrected chi connectivity index (χ2v) is 6.08. The van der Waals surface area contributed by atoms with Gasteiger partial charge in [0.1, 0.15) is 0 Å². The molecule has 2 unspecified atom stereocenters. The summed E-state index contributed by atoms with van der Waals surface area (Å²) in [4.78, 5) is 11.0. The molecule has 1 saturated carbocycles. The first-order chi connectivity index (χ1) is 9.08. The van der Waals surface area contributed by atoms with Crippen molar-refractivity contribution in [3.63, 3.8) is 0 Å². The average molecular weight is 361 g/mol. The molecule has 0 spiro atoms. The Morgan fingerprint density at radius 1 is 1.00 bits per heavy atom. The molecule has 1 nitrogen and oxygen atoms in total. The molecule has 0 radical (unpaired) electrons. The van der Waals surface area contributed by atoms with Gasteiger partial charge in [0, 0.05) is 5.92 Å². The molecule has 0 aromatic rings. The smallest absolute Gasteiger partial charge is 0.281 e. The topological polar surface area (TPSA) is 17.1 Å². The van der Waals surface area contributed by atoms with Gasteiger partial charge in [-0.15, -0.1) is 0 Å². The fraction of sp³-hybridized carbons (Fsp3) is 0.727. The van der Waals surface area contributed by atoms with Crippen molar-refractivity contribution in [3.8, 4) is 0 Å². The van der Waals surface area contributed by atoms with Crippen LogP contribution in [0.2, 0.25) is 0 Å². The molecular weight excluding hydrogens is 352 g/mol. The zero-order valence-electron chi connectivity index (χ0n) is 10.5. The van der Waals surface area contributed by atoms with E-state index in [0.717, 1.165) is 0 Å². The number of halogens is 9. The maximum Gasteiger partial charge on any atom is 0.436 e. The second-order valence-electron chi connectivity index (χ2n) is 5.30. The van der Waals surface area contributed by atoms with Crippen LogP contribution in [0.4, 0.5) is 30.7 Å². The van der Waals surface area contributed by atoms with Crippen LogP contribution in [0.25, 0.3) is 0 Å². The Balaban J connectivity index is 3.25. The van der Waals surface area contributed by atoms with Gasteiger partial charge in [-0.1, -0.05) is 31.5 Å². The van der Waals surface area contributed by atoms with Crippen LogP contribution in [0.3, 0.4) is 0 Å². The Morgan fingerprint density at radius 3 is 1.62 bits per heavy atom. The van der Waals surface area contributed by atoms with Crippen molar-refractivity contribution in [2.24, 2.45) is 17.3 Å². The minimum atomic E-state index is -6.28. The Morgan fingerprint density at radius 2 is 1.38 bits per heavy atom. The van der Waals surface area contributed by atoms with Crippen LogP contribution in [0.15, 0.2) is 11.1 Å². The molecule has 0 aliphatic heterocycles. The molecule has 2 atom stereocenters. The molecular formula is C11H9Cl2F7O. The molecule has 1 aliphatic carbocycles. The highest BCUT2D eigenvalue weighted by Crippen LogP contribution is 2.62. The monoisotopic (exact) mass is 360 g/mol. The van der Waals surface area contributed by atoms with Gasteiger partial charge in [0.2, 0.25) is 5.24 Å². The normalized spacial score (nSPS) is 26.7. The lowest BCUT2D eigenvalue weighted by atomic mass is 10.0. The van der Waals surface area contributed by atoms with Gasteiger partial charge in [-0.2, -0.15) is 26.3 Å². The molecule has 0 amide bonds. The zero-order valence-corrected chi connectivity index (χ0v) is 12.1. The maximum atomic E-state index is 13.6. The molecule has 0 aromatic carbocycles. The Bertz CT molecular complexity index is 464. The molecule has 10 heteroatoms. The van der Waals surface area contributed by atoms with Gasteiger partial charge in [-0.25, -0.2) is 4.39 Å². The Hall–Kier alpha value is -0.500. The van der Waals surface area contributed by atoms with E-state index in [1.165, 1.54) is 13.8 Å². The van der Waals surface area contributed by atoms with Crippen molar-refractivity contribution in [3.05, 3.63) is 11.1 Å². The maximum absolute atomic E-state index is 13.6. The van der Waals surface area contributed by atoms with Crippen LogP contribution in [-0.2, 0) is 4.79 Å². The highest BCUT2D eigenvalue weighted by atomic mass is 35.5. The van der Waals surface area contributed by atoms with Gasteiger partial charge in [0.05, 0.1) is 5.03 Å². The summed E-state index contributed by atoms with van der Waals surface area (Å²) in [6, 6.07) is 0. The first kappa shape index (κ1) is 18.5. The van der Waals surface area contributed by atoms with Crippen LogP contribution in [0.5, 0.6) is 0 Å². The minimum Gasteiger partial charge on any atom is -0.281 e. The molecule has 0 saturated heterocycles. The van der Waals surface area contributed by atoms with Crippen LogP contribution < -0.4 is 0 Å². The molecule has 0 heterocycles. The van der Waals surface area contributed by atoms with Crippen LogP contribution in [0, 0.1) is 17.3 Å². The quantitative estimate of drug-likeness (QED) is 0.512. The number of hydrogen-bond donors (Lipinski definition) is 0. The van der Waals surface area contributed by atoms with Crippen LogP contribution >= 0.6 is 23.2 Å². The number of hydrogen-bond acceptors (Lipinski definition) is 1. The van der Waals surface area contributed by atoms with Gasteiger partial charge in [0.25, 0.3) is 0 Å². The Kier molecular flexibility index (Phi) is 4.42. The second kappa shape index (κ2) is 5.01. The average Bonchev–Trinajstić information content (AvgIpc) is 2.75. The molecule has 122 valence electrons. The van der Waals surface area contributed by atoms with E-state index in [9.17, 15) is 35.5 Å². The summed E-state index contributed by atoms with van der Waals surface area (Å²) in [6.07, 6.45) is -12.3. The molecule has 1 aliphatic rings. The summed E-state index contributed by atoms with van der Waals surface area (Å²) < 4.78 is 88.3. The van der Waals surface area contributed by atoms with E-state index in [1.54, 1.807) is 0 Å². The van der Waals surface area contributed by atoms with Crippen molar-refractivity contribution >= 4 is 28.4 Å². The highest BCUT2D eigenvalue weighted by molar-refractivity contribution is 6.64. The van der Waals surface area contributed by atoms with Crippen LogP contribution in [0.1, 0.15) is 13.8 Å². The first-order valence-electron chi connectivity index (χ1n) is 5.48. The fourth-order valence-electron chi connectivity index (χ4n) is 2.13. The SMILES string of the molecule is CC1(C)C(C=C(Cl)C(F)(C(F)(F)F)C(F)(F)F)C1C(=O)Cl. The molecule has 21 heavy (non-hydrogen) atoms.